The number of aliphatic hydroxyl groups is 1. The van der Waals surface area contributed by atoms with E-state index in [-0.39, 0.29) is 21.9 Å². The van der Waals surface area contributed by atoms with Crippen LogP contribution in [0.5, 0.6) is 0 Å². The SMILES string of the molecule is CC(O)CC(C)(C)CNC(=O)c1ccc(Cl)c(F)c1. The molecule has 5 heteroatoms. The fraction of sp³-hybridized carbons (Fsp3) is 0.500. The van der Waals surface area contributed by atoms with Crippen molar-refractivity contribution in [3.63, 3.8) is 0 Å². The van der Waals surface area contributed by atoms with E-state index < -0.39 is 11.9 Å². The number of aliphatic hydroxyl groups excluding tert-OH is 1. The lowest BCUT2D eigenvalue weighted by molar-refractivity contribution is 0.0901. The van der Waals surface area contributed by atoms with Crippen LogP contribution in [0.1, 0.15) is 37.6 Å². The largest absolute Gasteiger partial charge is 0.393 e. The molecular formula is C14H19ClFNO2. The zero-order chi connectivity index (χ0) is 14.6. The number of amides is 1. The smallest absolute Gasteiger partial charge is 0.251 e. The van der Waals surface area contributed by atoms with E-state index in [9.17, 15) is 14.3 Å². The first-order chi connectivity index (χ1) is 8.71. The maximum Gasteiger partial charge on any atom is 0.251 e. The van der Waals surface area contributed by atoms with Gasteiger partial charge in [-0.1, -0.05) is 25.4 Å². The third-order valence-electron chi connectivity index (χ3n) is 2.76. The van der Waals surface area contributed by atoms with E-state index in [2.05, 4.69) is 5.32 Å². The zero-order valence-electron chi connectivity index (χ0n) is 11.3. The predicted octanol–water partition coefficient (Wildman–Crippen LogP) is 3.01. The Labute approximate surface area is 117 Å². The summed E-state index contributed by atoms with van der Waals surface area (Å²) in [4.78, 5) is 11.9. The van der Waals surface area contributed by atoms with E-state index in [4.69, 9.17) is 11.6 Å². The van der Waals surface area contributed by atoms with Gasteiger partial charge in [0.15, 0.2) is 0 Å². The Hall–Kier alpha value is -1.13. The number of carbonyl (C=O) groups excluding carboxylic acids is 1. The highest BCUT2D eigenvalue weighted by Gasteiger charge is 2.21. The number of hydrogen-bond acceptors (Lipinski definition) is 2. The van der Waals surface area contributed by atoms with Crippen molar-refractivity contribution in [2.75, 3.05) is 6.54 Å². The van der Waals surface area contributed by atoms with E-state index in [1.54, 1.807) is 6.92 Å². The second-order valence-electron chi connectivity index (χ2n) is 5.53. The average Bonchev–Trinajstić information content (AvgIpc) is 2.28. The molecule has 0 aliphatic heterocycles. The third kappa shape index (κ3) is 5.17. The van der Waals surface area contributed by atoms with E-state index in [1.165, 1.54) is 12.1 Å². The molecule has 0 aliphatic carbocycles. The molecule has 19 heavy (non-hydrogen) atoms. The summed E-state index contributed by atoms with van der Waals surface area (Å²) in [5.74, 6) is -0.966. The predicted molar refractivity (Wildman–Crippen MR) is 73.8 cm³/mol. The lowest BCUT2D eigenvalue weighted by Crippen LogP contribution is -2.35. The molecule has 1 aromatic rings. The molecule has 0 aliphatic rings. The van der Waals surface area contributed by atoms with Gasteiger partial charge in [-0.3, -0.25) is 4.79 Å². The molecule has 0 saturated carbocycles. The Morgan fingerprint density at radius 3 is 2.68 bits per heavy atom. The van der Waals surface area contributed by atoms with Crippen LogP contribution in [0.15, 0.2) is 18.2 Å². The molecule has 1 amide bonds. The Morgan fingerprint density at radius 2 is 2.16 bits per heavy atom. The maximum absolute atomic E-state index is 13.2. The van der Waals surface area contributed by atoms with Crippen molar-refractivity contribution in [2.24, 2.45) is 5.41 Å². The molecule has 106 valence electrons. The summed E-state index contributed by atoms with van der Waals surface area (Å²) in [6.45, 7) is 6.00. The van der Waals surface area contributed by atoms with Gasteiger partial charge in [-0.15, -0.1) is 0 Å². The van der Waals surface area contributed by atoms with Crippen LogP contribution in [0.4, 0.5) is 4.39 Å². The number of halogens is 2. The second-order valence-corrected chi connectivity index (χ2v) is 5.94. The van der Waals surface area contributed by atoms with Gasteiger partial charge in [-0.2, -0.15) is 0 Å². The third-order valence-corrected chi connectivity index (χ3v) is 3.06. The highest BCUT2D eigenvalue weighted by Crippen LogP contribution is 2.21. The van der Waals surface area contributed by atoms with E-state index in [0.29, 0.717) is 13.0 Å². The van der Waals surface area contributed by atoms with Gasteiger partial charge < -0.3 is 10.4 Å². The topological polar surface area (TPSA) is 49.3 Å². The fourth-order valence-electron chi connectivity index (χ4n) is 1.93. The molecule has 1 unspecified atom stereocenters. The first-order valence-electron chi connectivity index (χ1n) is 6.12. The minimum absolute atomic E-state index is 0.00835. The summed E-state index contributed by atoms with van der Waals surface area (Å²) < 4.78 is 13.2. The van der Waals surface area contributed by atoms with Crippen LogP contribution in [0.25, 0.3) is 0 Å². The van der Waals surface area contributed by atoms with Gasteiger partial charge in [0.2, 0.25) is 0 Å². The molecule has 0 saturated heterocycles. The van der Waals surface area contributed by atoms with Crippen LogP contribution < -0.4 is 5.32 Å². The van der Waals surface area contributed by atoms with Crippen molar-refractivity contribution < 1.29 is 14.3 Å². The second kappa shape index (κ2) is 6.35. The van der Waals surface area contributed by atoms with E-state index in [0.717, 1.165) is 6.07 Å². The molecular weight excluding hydrogens is 269 g/mol. The molecule has 0 heterocycles. The zero-order valence-corrected chi connectivity index (χ0v) is 12.1. The fourth-order valence-corrected chi connectivity index (χ4v) is 2.05. The summed E-state index contributed by atoms with van der Waals surface area (Å²) in [6.07, 6.45) is 0.141. The van der Waals surface area contributed by atoms with Gasteiger partial charge in [-0.25, -0.2) is 4.39 Å². The molecule has 2 N–H and O–H groups in total. The molecule has 3 nitrogen and oxygen atoms in total. The molecule has 0 fully saturated rings. The Bertz CT molecular complexity index is 461. The van der Waals surface area contributed by atoms with Gasteiger partial charge >= 0.3 is 0 Å². The van der Waals surface area contributed by atoms with Crippen LogP contribution in [-0.2, 0) is 0 Å². The van der Waals surface area contributed by atoms with E-state index >= 15 is 0 Å². The monoisotopic (exact) mass is 287 g/mol. The molecule has 0 aromatic heterocycles. The van der Waals surface area contributed by atoms with Gasteiger partial charge in [0.25, 0.3) is 5.91 Å². The van der Waals surface area contributed by atoms with Crippen molar-refractivity contribution in [1.29, 1.82) is 0 Å². The highest BCUT2D eigenvalue weighted by atomic mass is 35.5. The van der Waals surface area contributed by atoms with Crippen LogP contribution >= 0.6 is 11.6 Å². The summed E-state index contributed by atoms with van der Waals surface area (Å²) in [6, 6.07) is 3.94. The molecule has 0 bridgehead atoms. The number of hydrogen-bond donors (Lipinski definition) is 2. The van der Waals surface area contributed by atoms with Gasteiger partial charge in [-0.05, 0) is 37.0 Å². The maximum atomic E-state index is 13.2. The Morgan fingerprint density at radius 1 is 1.53 bits per heavy atom. The highest BCUT2D eigenvalue weighted by molar-refractivity contribution is 6.30. The summed E-state index contributed by atoms with van der Waals surface area (Å²) in [5.41, 5.74) is 0.00386. The number of rotatable bonds is 5. The van der Waals surface area contributed by atoms with Crippen LogP contribution in [0.3, 0.4) is 0 Å². The number of benzene rings is 1. The Kier molecular flexibility index (Phi) is 5.32. The van der Waals surface area contributed by atoms with Crippen molar-refractivity contribution in [3.8, 4) is 0 Å². The summed E-state index contributed by atoms with van der Waals surface area (Å²) >= 11 is 5.56. The van der Waals surface area contributed by atoms with Gasteiger partial charge in [0.1, 0.15) is 5.82 Å². The quantitative estimate of drug-likeness (QED) is 0.875. The van der Waals surface area contributed by atoms with Crippen LogP contribution in [0, 0.1) is 11.2 Å². The normalized spacial score (nSPS) is 13.2. The Balaban J connectivity index is 2.62. The van der Waals surface area contributed by atoms with Crippen molar-refractivity contribution in [1.82, 2.24) is 5.32 Å². The minimum atomic E-state index is -0.613. The van der Waals surface area contributed by atoms with Crippen LogP contribution in [0.2, 0.25) is 5.02 Å². The molecule has 1 atom stereocenters. The molecule has 0 radical (unpaired) electrons. The molecule has 1 aromatic carbocycles. The van der Waals surface area contributed by atoms with Crippen molar-refractivity contribution in [2.45, 2.75) is 33.3 Å². The number of nitrogens with one attached hydrogen (secondary N) is 1. The lowest BCUT2D eigenvalue weighted by atomic mass is 9.87. The lowest BCUT2D eigenvalue weighted by Gasteiger charge is -2.26. The minimum Gasteiger partial charge on any atom is -0.393 e. The van der Waals surface area contributed by atoms with Gasteiger partial charge in [0.05, 0.1) is 11.1 Å². The van der Waals surface area contributed by atoms with Crippen molar-refractivity contribution in [3.05, 3.63) is 34.6 Å². The average molecular weight is 288 g/mol. The summed E-state index contributed by atoms with van der Waals surface area (Å²) in [7, 11) is 0. The molecule has 0 spiro atoms. The summed E-state index contributed by atoms with van der Waals surface area (Å²) in [5, 5.41) is 12.1. The first kappa shape index (κ1) is 15.9. The van der Waals surface area contributed by atoms with Crippen molar-refractivity contribution >= 4 is 17.5 Å². The van der Waals surface area contributed by atoms with Gasteiger partial charge in [0, 0.05) is 12.1 Å². The van der Waals surface area contributed by atoms with E-state index in [1.807, 2.05) is 13.8 Å². The molecule has 1 rings (SSSR count). The number of carbonyl (C=O) groups is 1. The standard InChI is InChI=1S/C14H19ClFNO2/c1-9(18)7-14(2,3)8-17-13(19)10-4-5-11(15)12(16)6-10/h4-6,9,18H,7-8H2,1-3H3,(H,17,19). The van der Waals surface area contributed by atoms with Crippen LogP contribution in [-0.4, -0.2) is 23.7 Å². The first-order valence-corrected chi connectivity index (χ1v) is 6.50.